The Hall–Kier alpha value is -2.71. The summed E-state index contributed by atoms with van der Waals surface area (Å²) in [6, 6.07) is 1.85. The molecule has 1 amide bonds. The van der Waals surface area contributed by atoms with E-state index in [0.29, 0.717) is 24.1 Å². The number of fused-ring (bicyclic) bond motifs is 3. The van der Waals surface area contributed by atoms with E-state index in [1.807, 2.05) is 6.07 Å². The maximum atomic E-state index is 12.6. The zero-order valence-corrected chi connectivity index (χ0v) is 13.8. The van der Waals surface area contributed by atoms with Gasteiger partial charge in [-0.05, 0) is 18.9 Å². The first-order valence-electron chi connectivity index (χ1n) is 8.33. The molecule has 9 heteroatoms. The predicted octanol–water partition coefficient (Wildman–Crippen LogP) is 3.16. The van der Waals surface area contributed by atoms with Gasteiger partial charge in [0, 0.05) is 41.7 Å². The van der Waals surface area contributed by atoms with Gasteiger partial charge in [-0.1, -0.05) is 0 Å². The minimum absolute atomic E-state index is 0.0908. The minimum atomic E-state index is -4.49. The molecular weight excluding hydrogens is 347 g/mol. The third kappa shape index (κ3) is 3.09. The second kappa shape index (κ2) is 6.22. The highest BCUT2D eigenvalue weighted by molar-refractivity contribution is 6.04. The van der Waals surface area contributed by atoms with E-state index in [4.69, 9.17) is 0 Å². The van der Waals surface area contributed by atoms with Crippen molar-refractivity contribution >= 4 is 27.8 Å². The van der Waals surface area contributed by atoms with Crippen LogP contribution in [0.25, 0.3) is 21.9 Å². The van der Waals surface area contributed by atoms with Crippen molar-refractivity contribution in [2.45, 2.75) is 31.4 Å². The van der Waals surface area contributed by atoms with Crippen molar-refractivity contribution in [2.24, 2.45) is 0 Å². The van der Waals surface area contributed by atoms with Crippen LogP contribution in [0.3, 0.4) is 0 Å². The van der Waals surface area contributed by atoms with Gasteiger partial charge in [0.05, 0.1) is 18.0 Å². The number of carbonyl (C=O) groups excluding carboxylic acids is 1. The summed E-state index contributed by atoms with van der Waals surface area (Å²) in [6.45, 7) is 0.603. The number of carbonyl (C=O) groups is 1. The molecule has 6 nitrogen and oxygen atoms in total. The summed E-state index contributed by atoms with van der Waals surface area (Å²) >= 11 is 0. The maximum Gasteiger partial charge on any atom is 0.397 e. The molecule has 0 aromatic carbocycles. The lowest BCUT2D eigenvalue weighted by Crippen LogP contribution is -2.41. The molecule has 0 unspecified atom stereocenters. The summed E-state index contributed by atoms with van der Waals surface area (Å²) in [5, 5.41) is 1.71. The maximum absolute atomic E-state index is 12.6. The SMILES string of the molecule is O=C(CC(F)(F)F)N1CCC[C@@H](c2[nH]cnc3cnc4nccc4c23)C1. The number of halogens is 3. The number of hydrogen-bond donors (Lipinski definition) is 1. The number of hydrogen-bond acceptors (Lipinski definition) is 4. The normalized spacial score (nSPS) is 18.6. The zero-order chi connectivity index (χ0) is 18.3. The second-order valence-electron chi connectivity index (χ2n) is 6.49. The van der Waals surface area contributed by atoms with Crippen molar-refractivity contribution in [2.75, 3.05) is 13.1 Å². The number of likely N-dealkylation sites (tertiary alicyclic amines) is 1. The lowest BCUT2D eigenvalue weighted by molar-refractivity contribution is -0.162. The molecule has 0 saturated carbocycles. The van der Waals surface area contributed by atoms with Gasteiger partial charge in [0.25, 0.3) is 0 Å². The van der Waals surface area contributed by atoms with Crippen molar-refractivity contribution in [1.29, 1.82) is 0 Å². The Morgan fingerprint density at radius 3 is 2.96 bits per heavy atom. The molecule has 1 N–H and O–H groups in total. The topological polar surface area (TPSA) is 74.8 Å². The molecule has 4 heterocycles. The van der Waals surface area contributed by atoms with Gasteiger partial charge >= 0.3 is 6.18 Å². The number of nitrogens with zero attached hydrogens (tertiary/aromatic N) is 4. The first-order valence-corrected chi connectivity index (χ1v) is 8.33. The number of aromatic nitrogens is 4. The average Bonchev–Trinajstić information content (AvgIpc) is 3.09. The summed E-state index contributed by atoms with van der Waals surface area (Å²) in [4.78, 5) is 29.2. The average molecular weight is 363 g/mol. The molecule has 1 fully saturated rings. The Morgan fingerprint density at radius 2 is 2.15 bits per heavy atom. The number of amides is 1. The van der Waals surface area contributed by atoms with Crippen LogP contribution in [0, 0.1) is 0 Å². The van der Waals surface area contributed by atoms with Crippen LogP contribution in [-0.4, -0.2) is 50.0 Å². The van der Waals surface area contributed by atoms with E-state index in [1.54, 1.807) is 18.7 Å². The van der Waals surface area contributed by atoms with E-state index >= 15 is 0 Å². The quantitative estimate of drug-likeness (QED) is 0.759. The van der Waals surface area contributed by atoms with E-state index in [-0.39, 0.29) is 12.5 Å². The molecule has 1 saturated heterocycles. The Kier molecular flexibility index (Phi) is 4.01. The lowest BCUT2D eigenvalue weighted by Gasteiger charge is -2.33. The molecule has 1 aliphatic rings. The van der Waals surface area contributed by atoms with Gasteiger partial charge in [-0.3, -0.25) is 4.79 Å². The van der Waals surface area contributed by atoms with Crippen LogP contribution in [0.4, 0.5) is 13.2 Å². The van der Waals surface area contributed by atoms with Crippen LogP contribution in [0.5, 0.6) is 0 Å². The third-order valence-electron chi connectivity index (χ3n) is 4.74. The van der Waals surface area contributed by atoms with E-state index < -0.39 is 18.5 Å². The summed E-state index contributed by atoms with van der Waals surface area (Å²) < 4.78 is 37.7. The standard InChI is InChI=1S/C17H16F3N5O/c18-17(19,20)6-13(26)25-5-1-2-10(8-25)15-14-11-3-4-21-16(11)22-7-12(14)23-9-24-15/h3-4,7,9-10H,1-2,5-6,8H2,(H,23,24)/t10-/m1/s1. The molecule has 3 aromatic heterocycles. The number of nitrogens with one attached hydrogen (secondary N) is 1. The third-order valence-corrected chi connectivity index (χ3v) is 4.74. The van der Waals surface area contributed by atoms with Gasteiger partial charge in [-0.15, -0.1) is 0 Å². The highest BCUT2D eigenvalue weighted by Crippen LogP contribution is 2.33. The van der Waals surface area contributed by atoms with Crippen molar-refractivity contribution in [1.82, 2.24) is 24.8 Å². The van der Waals surface area contributed by atoms with Crippen LogP contribution in [-0.2, 0) is 4.79 Å². The van der Waals surface area contributed by atoms with Crippen LogP contribution >= 0.6 is 0 Å². The zero-order valence-electron chi connectivity index (χ0n) is 13.8. The number of piperidine rings is 1. The number of pyridine rings is 1. The van der Waals surface area contributed by atoms with Crippen LogP contribution in [0.2, 0.25) is 0 Å². The van der Waals surface area contributed by atoms with Gasteiger partial charge in [0.1, 0.15) is 6.42 Å². The van der Waals surface area contributed by atoms with Crippen LogP contribution in [0.1, 0.15) is 30.9 Å². The number of alkyl halides is 3. The van der Waals surface area contributed by atoms with Crippen LogP contribution < -0.4 is 0 Å². The van der Waals surface area contributed by atoms with Crippen molar-refractivity contribution in [3.63, 3.8) is 0 Å². The van der Waals surface area contributed by atoms with E-state index in [2.05, 4.69) is 19.9 Å². The van der Waals surface area contributed by atoms with Gasteiger partial charge in [0.15, 0.2) is 5.65 Å². The van der Waals surface area contributed by atoms with Gasteiger partial charge in [-0.2, -0.15) is 13.2 Å². The molecule has 0 radical (unpaired) electrons. The van der Waals surface area contributed by atoms with Gasteiger partial charge < -0.3 is 9.88 Å². The fourth-order valence-corrected chi connectivity index (χ4v) is 3.62. The smallest absolute Gasteiger partial charge is 0.349 e. The predicted molar refractivity (Wildman–Crippen MR) is 88.4 cm³/mol. The second-order valence-corrected chi connectivity index (χ2v) is 6.49. The number of H-pyrrole nitrogens is 1. The Labute approximate surface area is 146 Å². The van der Waals surface area contributed by atoms with Crippen molar-refractivity contribution < 1.29 is 18.0 Å². The van der Waals surface area contributed by atoms with Crippen molar-refractivity contribution in [3.8, 4) is 0 Å². The molecule has 1 atom stereocenters. The molecule has 26 heavy (non-hydrogen) atoms. The van der Waals surface area contributed by atoms with Crippen molar-refractivity contribution in [3.05, 3.63) is 30.5 Å². The Balaban J connectivity index is 1.69. The first-order chi connectivity index (χ1) is 12.4. The Bertz CT molecular complexity index is 968. The van der Waals surface area contributed by atoms with E-state index in [0.717, 1.165) is 22.9 Å². The molecule has 0 spiro atoms. The lowest BCUT2D eigenvalue weighted by atomic mass is 9.91. The summed E-state index contributed by atoms with van der Waals surface area (Å²) in [7, 11) is 0. The molecule has 4 rings (SSSR count). The Morgan fingerprint density at radius 1 is 1.31 bits per heavy atom. The molecule has 3 aromatic rings. The summed E-state index contributed by atoms with van der Waals surface area (Å²) in [5.41, 5.74) is 2.15. The largest absolute Gasteiger partial charge is 0.397 e. The fourth-order valence-electron chi connectivity index (χ4n) is 3.62. The first kappa shape index (κ1) is 16.7. The molecule has 1 aliphatic heterocycles. The highest BCUT2D eigenvalue weighted by Gasteiger charge is 2.35. The van der Waals surface area contributed by atoms with Gasteiger partial charge in [-0.25, -0.2) is 15.0 Å². The molecular formula is C17H16F3N5O. The van der Waals surface area contributed by atoms with Crippen LogP contribution in [0.15, 0.2) is 24.8 Å². The fraction of sp³-hybridized carbons (Fsp3) is 0.412. The summed E-state index contributed by atoms with van der Waals surface area (Å²) in [5.74, 6) is -0.964. The van der Waals surface area contributed by atoms with Gasteiger partial charge in [0.2, 0.25) is 5.91 Å². The highest BCUT2D eigenvalue weighted by atomic mass is 19.4. The molecule has 0 bridgehead atoms. The molecule has 136 valence electrons. The monoisotopic (exact) mass is 363 g/mol. The van der Waals surface area contributed by atoms with E-state index in [1.165, 1.54) is 4.90 Å². The summed E-state index contributed by atoms with van der Waals surface area (Å²) in [6.07, 6.45) is 0.381. The molecule has 0 aliphatic carbocycles. The number of rotatable bonds is 2. The minimum Gasteiger partial charge on any atom is -0.349 e. The number of aromatic amines is 1. The van der Waals surface area contributed by atoms with E-state index in [9.17, 15) is 18.0 Å².